The first-order valence-electron chi connectivity index (χ1n) is 19.4. The van der Waals surface area contributed by atoms with Crippen molar-refractivity contribution in [2.45, 2.75) is 0 Å². The summed E-state index contributed by atoms with van der Waals surface area (Å²) in [6.45, 7) is 0. The highest BCUT2D eigenvalue weighted by molar-refractivity contribution is 6.28. The zero-order valence-corrected chi connectivity index (χ0v) is 31.0. The number of nitrogens with zero attached hydrogens (tertiary/aromatic N) is 5. The molecule has 4 aromatic heterocycles. The molecule has 0 atom stereocenters. The van der Waals surface area contributed by atoms with Gasteiger partial charge in [-0.05, 0) is 53.6 Å². The molecular weight excluding hydrogens is 711 g/mol. The van der Waals surface area contributed by atoms with Crippen LogP contribution in [0.5, 0.6) is 0 Å². The summed E-state index contributed by atoms with van der Waals surface area (Å²) in [5.41, 5.74) is 10.8. The molecule has 12 aromatic rings. The predicted octanol–water partition coefficient (Wildman–Crippen LogP) is 13.2. The Kier molecular flexibility index (Phi) is 7.13. The van der Waals surface area contributed by atoms with E-state index in [-0.39, 0.29) is 0 Å². The molecule has 0 saturated carbocycles. The monoisotopic (exact) mass is 741 g/mol. The Bertz CT molecular complexity index is 3500. The number of fused-ring (bicyclic) bond motifs is 10. The van der Waals surface area contributed by atoms with E-state index in [0.29, 0.717) is 17.6 Å². The first-order chi connectivity index (χ1) is 28.7. The van der Waals surface area contributed by atoms with Crippen LogP contribution >= 0.6 is 0 Å². The average Bonchev–Trinajstić information content (AvgIpc) is 3.85. The van der Waals surface area contributed by atoms with E-state index in [4.69, 9.17) is 24.4 Å². The fourth-order valence-electron chi connectivity index (χ4n) is 8.56. The van der Waals surface area contributed by atoms with E-state index in [1.165, 1.54) is 0 Å². The Balaban J connectivity index is 1.01. The topological polar surface area (TPSA) is 69.6 Å². The zero-order valence-electron chi connectivity index (χ0n) is 31.0. The van der Waals surface area contributed by atoms with Crippen molar-refractivity contribution < 1.29 is 4.42 Å². The number of aromatic nitrogens is 5. The minimum absolute atomic E-state index is 0.577. The van der Waals surface area contributed by atoms with E-state index in [2.05, 4.69) is 156 Å². The van der Waals surface area contributed by atoms with Crippen molar-refractivity contribution in [1.29, 1.82) is 0 Å². The van der Waals surface area contributed by atoms with Gasteiger partial charge in [-0.2, -0.15) is 9.97 Å². The molecule has 0 N–H and O–H groups in total. The molecular formula is C52H31N5O. The van der Waals surface area contributed by atoms with E-state index < -0.39 is 0 Å². The molecule has 8 aromatic carbocycles. The van der Waals surface area contributed by atoms with Gasteiger partial charge < -0.3 is 4.42 Å². The van der Waals surface area contributed by atoms with Gasteiger partial charge in [-0.15, -0.1) is 0 Å². The summed E-state index contributed by atoms with van der Waals surface area (Å²) in [5, 5.41) is 7.83. The molecule has 0 fully saturated rings. The van der Waals surface area contributed by atoms with Gasteiger partial charge in [0.1, 0.15) is 11.2 Å². The lowest BCUT2D eigenvalue weighted by Crippen LogP contribution is -2.06. The van der Waals surface area contributed by atoms with Crippen LogP contribution in [-0.4, -0.2) is 24.5 Å². The quantitative estimate of drug-likeness (QED) is 0.164. The standard InChI is InChI=1S/C52H31N5O/c1-3-13-33(14-4-1)49-40-28-30-46-48(47(40)39-19-7-10-20-42(39)53-49)41-31-36(27-29-45(41)58-46)32-23-25-35(26-24-32)51-54-50(34-15-5-2-6-16-34)55-52(56-51)57-43-21-11-8-17-37(43)38-18-9-12-22-44(38)57/h1-31H. The zero-order chi connectivity index (χ0) is 38.2. The first-order valence-corrected chi connectivity index (χ1v) is 19.4. The fraction of sp³-hybridized carbons (Fsp3) is 0. The van der Waals surface area contributed by atoms with Crippen LogP contribution in [0.1, 0.15) is 0 Å². The highest BCUT2D eigenvalue weighted by Gasteiger charge is 2.20. The molecule has 0 aliphatic rings. The highest BCUT2D eigenvalue weighted by Crippen LogP contribution is 2.42. The third-order valence-electron chi connectivity index (χ3n) is 11.3. The minimum Gasteiger partial charge on any atom is -0.456 e. The highest BCUT2D eigenvalue weighted by atomic mass is 16.3. The minimum atomic E-state index is 0.577. The second-order valence-electron chi connectivity index (χ2n) is 14.6. The van der Waals surface area contributed by atoms with Gasteiger partial charge in [0.25, 0.3) is 0 Å². The molecule has 58 heavy (non-hydrogen) atoms. The van der Waals surface area contributed by atoms with Crippen LogP contribution in [0.25, 0.3) is 117 Å². The molecule has 12 rings (SSSR count). The maximum absolute atomic E-state index is 6.52. The van der Waals surface area contributed by atoms with Gasteiger partial charge in [0.15, 0.2) is 11.6 Å². The Labute approximate surface area is 332 Å². The summed E-state index contributed by atoms with van der Waals surface area (Å²) in [5.74, 6) is 1.80. The number of rotatable bonds is 5. The lowest BCUT2D eigenvalue weighted by atomic mass is 9.95. The van der Waals surface area contributed by atoms with Crippen molar-refractivity contribution in [3.8, 4) is 51.1 Å². The third-order valence-corrected chi connectivity index (χ3v) is 11.3. The Hall–Kier alpha value is -7.96. The summed E-state index contributed by atoms with van der Waals surface area (Å²) in [6, 6.07) is 65.0. The van der Waals surface area contributed by atoms with Crippen LogP contribution in [0.2, 0.25) is 0 Å². The number of hydrogen-bond acceptors (Lipinski definition) is 5. The van der Waals surface area contributed by atoms with E-state index >= 15 is 0 Å². The van der Waals surface area contributed by atoms with Gasteiger partial charge in [-0.3, -0.25) is 4.57 Å². The van der Waals surface area contributed by atoms with Gasteiger partial charge in [0, 0.05) is 54.4 Å². The smallest absolute Gasteiger partial charge is 0.238 e. The van der Waals surface area contributed by atoms with Crippen molar-refractivity contribution in [3.63, 3.8) is 0 Å². The van der Waals surface area contributed by atoms with Crippen LogP contribution in [0.3, 0.4) is 0 Å². The van der Waals surface area contributed by atoms with Crippen LogP contribution in [0.15, 0.2) is 192 Å². The molecule has 0 aliphatic heterocycles. The lowest BCUT2D eigenvalue weighted by molar-refractivity contribution is 0.669. The van der Waals surface area contributed by atoms with Crippen molar-refractivity contribution in [2.24, 2.45) is 0 Å². The van der Waals surface area contributed by atoms with E-state index in [1.54, 1.807) is 0 Å². The molecule has 6 heteroatoms. The maximum atomic E-state index is 6.52. The molecule has 270 valence electrons. The van der Waals surface area contributed by atoms with Crippen molar-refractivity contribution in [2.75, 3.05) is 0 Å². The second-order valence-corrected chi connectivity index (χ2v) is 14.6. The number of furan rings is 1. The lowest BCUT2D eigenvalue weighted by Gasteiger charge is -2.11. The molecule has 0 saturated heterocycles. The Morgan fingerprint density at radius 3 is 1.60 bits per heavy atom. The molecule has 4 heterocycles. The summed E-state index contributed by atoms with van der Waals surface area (Å²) in [6.07, 6.45) is 0. The molecule has 0 unspecified atom stereocenters. The third kappa shape index (κ3) is 5.05. The van der Waals surface area contributed by atoms with Crippen LogP contribution in [0, 0.1) is 0 Å². The van der Waals surface area contributed by atoms with Gasteiger partial charge >= 0.3 is 0 Å². The number of para-hydroxylation sites is 3. The molecule has 0 radical (unpaired) electrons. The van der Waals surface area contributed by atoms with Gasteiger partial charge in [-0.25, -0.2) is 9.97 Å². The Morgan fingerprint density at radius 1 is 0.345 bits per heavy atom. The van der Waals surface area contributed by atoms with Crippen LogP contribution in [0.4, 0.5) is 0 Å². The van der Waals surface area contributed by atoms with Gasteiger partial charge in [-0.1, -0.05) is 146 Å². The van der Waals surface area contributed by atoms with E-state index in [9.17, 15) is 0 Å². The largest absolute Gasteiger partial charge is 0.456 e. The second kappa shape index (κ2) is 12.8. The fourth-order valence-corrected chi connectivity index (χ4v) is 8.56. The molecule has 0 bridgehead atoms. The van der Waals surface area contributed by atoms with Crippen molar-refractivity contribution >= 4 is 65.4 Å². The summed E-state index contributed by atoms with van der Waals surface area (Å²) in [4.78, 5) is 20.4. The van der Waals surface area contributed by atoms with Gasteiger partial charge in [0.2, 0.25) is 5.95 Å². The molecule has 0 amide bonds. The van der Waals surface area contributed by atoms with E-state index in [0.717, 1.165) is 98.9 Å². The summed E-state index contributed by atoms with van der Waals surface area (Å²) in [7, 11) is 0. The van der Waals surface area contributed by atoms with Crippen LogP contribution < -0.4 is 0 Å². The SMILES string of the molecule is c1ccc(-c2nc(-c3ccc(-c4ccc5oc6ccc7c(-c8ccccc8)nc8ccccc8c7c6c5c4)cc3)nc(-n3c4ccccc4c4ccccc43)n2)cc1. The molecule has 6 nitrogen and oxygen atoms in total. The van der Waals surface area contributed by atoms with E-state index in [1.807, 2.05) is 36.4 Å². The number of hydrogen-bond donors (Lipinski definition) is 0. The summed E-state index contributed by atoms with van der Waals surface area (Å²) < 4.78 is 8.67. The number of pyridine rings is 1. The maximum Gasteiger partial charge on any atom is 0.238 e. The van der Waals surface area contributed by atoms with Crippen molar-refractivity contribution in [3.05, 3.63) is 188 Å². The van der Waals surface area contributed by atoms with Crippen molar-refractivity contribution in [1.82, 2.24) is 24.5 Å². The summed E-state index contributed by atoms with van der Waals surface area (Å²) >= 11 is 0. The normalized spacial score (nSPS) is 11.8. The van der Waals surface area contributed by atoms with Gasteiger partial charge in [0.05, 0.1) is 22.2 Å². The number of benzene rings is 8. The Morgan fingerprint density at radius 2 is 0.897 bits per heavy atom. The first kappa shape index (κ1) is 32.3. The molecule has 0 spiro atoms. The molecule has 0 aliphatic carbocycles. The van der Waals surface area contributed by atoms with Crippen LogP contribution in [-0.2, 0) is 0 Å². The predicted molar refractivity (Wildman–Crippen MR) is 236 cm³/mol. The average molecular weight is 742 g/mol.